The summed E-state index contributed by atoms with van der Waals surface area (Å²) in [5.41, 5.74) is 2.19. The number of sulfonamides is 2. The van der Waals surface area contributed by atoms with Gasteiger partial charge in [0.15, 0.2) is 0 Å². The summed E-state index contributed by atoms with van der Waals surface area (Å²) >= 11 is 0. The quantitative estimate of drug-likeness (QED) is 0.554. The van der Waals surface area contributed by atoms with Crippen LogP contribution in [0.4, 0.5) is 0 Å². The average Bonchev–Trinajstić information content (AvgIpc) is 2.80. The van der Waals surface area contributed by atoms with Crippen LogP contribution in [0.5, 0.6) is 0 Å². The summed E-state index contributed by atoms with van der Waals surface area (Å²) < 4.78 is 55.5. The van der Waals surface area contributed by atoms with Gasteiger partial charge in [-0.15, -0.1) is 0 Å². The van der Waals surface area contributed by atoms with Gasteiger partial charge in [0.2, 0.25) is 10.0 Å². The number of piperazine rings is 1. The van der Waals surface area contributed by atoms with Crippen LogP contribution < -0.4 is 0 Å². The number of hydrogen-bond donors (Lipinski definition) is 0. The molecule has 1 aliphatic rings. The summed E-state index contributed by atoms with van der Waals surface area (Å²) in [6.07, 6.45) is 0. The van der Waals surface area contributed by atoms with E-state index in [0.29, 0.717) is 5.56 Å². The number of rotatable bonds is 5. The lowest BCUT2D eigenvalue weighted by Gasteiger charge is -2.39. The first kappa shape index (κ1) is 23.2. The molecule has 0 saturated carbocycles. The Labute approximate surface area is 194 Å². The van der Waals surface area contributed by atoms with E-state index in [1.165, 1.54) is 24.3 Å². The summed E-state index contributed by atoms with van der Waals surface area (Å²) in [6, 6.07) is 19.6. The molecule has 0 radical (unpaired) electrons. The van der Waals surface area contributed by atoms with Crippen molar-refractivity contribution in [3.8, 4) is 0 Å². The Morgan fingerprint density at radius 1 is 0.667 bits per heavy atom. The van der Waals surface area contributed by atoms with E-state index in [4.69, 9.17) is 0 Å². The monoisotopic (exact) mass is 484 g/mol. The van der Waals surface area contributed by atoms with E-state index in [9.17, 15) is 21.6 Å². The van der Waals surface area contributed by atoms with Crippen molar-refractivity contribution >= 4 is 26.0 Å². The normalized spacial score (nSPS) is 17.8. The standard InChI is InChI=1S/C24H24N2O5S2/c1-18-8-12-21(13-9-18)32(28,29)25-16-17-26(24(27)23(25)20-6-4-3-5-7-20)33(30,31)22-14-10-19(2)11-15-22/h3-15,23H,16-17H2,1-2H3. The Morgan fingerprint density at radius 2 is 1.15 bits per heavy atom. The van der Waals surface area contributed by atoms with Gasteiger partial charge in [0, 0.05) is 6.54 Å². The maximum absolute atomic E-state index is 13.6. The Bertz CT molecular complexity index is 1370. The van der Waals surface area contributed by atoms with Crippen LogP contribution in [0.2, 0.25) is 0 Å². The van der Waals surface area contributed by atoms with Crippen LogP contribution in [0, 0.1) is 13.8 Å². The molecule has 0 N–H and O–H groups in total. The third-order valence-electron chi connectivity index (χ3n) is 5.64. The summed E-state index contributed by atoms with van der Waals surface area (Å²) in [5.74, 6) is -0.802. The van der Waals surface area contributed by atoms with E-state index in [1.807, 2.05) is 13.8 Å². The topological polar surface area (TPSA) is 91.8 Å². The molecule has 1 heterocycles. The first-order valence-electron chi connectivity index (χ1n) is 10.4. The molecule has 1 saturated heterocycles. The minimum atomic E-state index is -4.15. The summed E-state index contributed by atoms with van der Waals surface area (Å²) in [5, 5.41) is 0. The number of amides is 1. The van der Waals surface area contributed by atoms with Gasteiger partial charge < -0.3 is 0 Å². The molecule has 1 aliphatic heterocycles. The Balaban J connectivity index is 1.78. The zero-order valence-electron chi connectivity index (χ0n) is 18.2. The second-order valence-electron chi connectivity index (χ2n) is 7.97. The minimum absolute atomic E-state index is 0.0110. The SMILES string of the molecule is Cc1ccc(S(=O)(=O)N2CCN(S(=O)(=O)c3ccc(C)cc3)C(c3ccccc3)C2=O)cc1. The highest BCUT2D eigenvalue weighted by molar-refractivity contribution is 7.90. The Kier molecular flexibility index (Phi) is 6.13. The molecule has 172 valence electrons. The second kappa shape index (κ2) is 8.74. The van der Waals surface area contributed by atoms with Crippen molar-refractivity contribution in [2.24, 2.45) is 0 Å². The fourth-order valence-corrected chi connectivity index (χ4v) is 6.77. The number of nitrogens with zero attached hydrogens (tertiary/aromatic N) is 2. The predicted octanol–water partition coefficient (Wildman–Crippen LogP) is 3.27. The molecule has 3 aromatic carbocycles. The van der Waals surface area contributed by atoms with E-state index in [-0.39, 0.29) is 22.9 Å². The van der Waals surface area contributed by atoms with Gasteiger partial charge in [0.25, 0.3) is 15.9 Å². The van der Waals surface area contributed by atoms with Crippen molar-refractivity contribution < 1.29 is 21.6 Å². The van der Waals surface area contributed by atoms with Gasteiger partial charge in [-0.1, -0.05) is 65.7 Å². The smallest absolute Gasteiger partial charge is 0.266 e. The molecular weight excluding hydrogens is 460 g/mol. The lowest BCUT2D eigenvalue weighted by molar-refractivity contribution is -0.133. The number of carbonyl (C=O) groups excluding carboxylic acids is 1. The number of benzene rings is 3. The molecule has 0 aromatic heterocycles. The zero-order valence-corrected chi connectivity index (χ0v) is 19.9. The molecule has 1 amide bonds. The molecule has 4 rings (SSSR count). The fraction of sp³-hybridized carbons (Fsp3) is 0.208. The van der Waals surface area contributed by atoms with Gasteiger partial charge in [-0.25, -0.2) is 21.1 Å². The fourth-order valence-electron chi connectivity index (χ4n) is 3.81. The van der Waals surface area contributed by atoms with Crippen LogP contribution >= 0.6 is 0 Å². The Hall–Kier alpha value is -3.01. The van der Waals surface area contributed by atoms with Crippen LogP contribution in [0.15, 0.2) is 88.7 Å². The molecule has 0 aliphatic carbocycles. The zero-order chi connectivity index (χ0) is 23.8. The lowest BCUT2D eigenvalue weighted by Crippen LogP contribution is -2.55. The van der Waals surface area contributed by atoms with Gasteiger partial charge in [0.05, 0.1) is 16.3 Å². The predicted molar refractivity (Wildman–Crippen MR) is 124 cm³/mol. The highest BCUT2D eigenvalue weighted by Gasteiger charge is 2.46. The molecule has 33 heavy (non-hydrogen) atoms. The third kappa shape index (κ3) is 4.31. The van der Waals surface area contributed by atoms with Gasteiger partial charge >= 0.3 is 0 Å². The maximum Gasteiger partial charge on any atom is 0.266 e. The van der Waals surface area contributed by atoms with E-state index < -0.39 is 32.0 Å². The van der Waals surface area contributed by atoms with Crippen molar-refractivity contribution in [1.82, 2.24) is 8.61 Å². The van der Waals surface area contributed by atoms with Crippen molar-refractivity contribution in [3.05, 3.63) is 95.6 Å². The molecular formula is C24H24N2O5S2. The van der Waals surface area contributed by atoms with E-state index in [2.05, 4.69) is 0 Å². The summed E-state index contributed by atoms with van der Waals surface area (Å²) in [6.45, 7) is 3.25. The number of aryl methyl sites for hydroxylation is 2. The van der Waals surface area contributed by atoms with Crippen molar-refractivity contribution in [2.75, 3.05) is 13.1 Å². The summed E-state index contributed by atoms with van der Waals surface area (Å²) in [4.78, 5) is 13.6. The molecule has 1 fully saturated rings. The number of carbonyl (C=O) groups is 1. The van der Waals surface area contributed by atoms with E-state index in [0.717, 1.165) is 19.7 Å². The minimum Gasteiger partial charge on any atom is -0.272 e. The van der Waals surface area contributed by atoms with Gasteiger partial charge in [0.1, 0.15) is 6.04 Å². The van der Waals surface area contributed by atoms with Crippen LogP contribution in [0.3, 0.4) is 0 Å². The molecule has 1 atom stereocenters. The van der Waals surface area contributed by atoms with Crippen LogP contribution in [0.1, 0.15) is 22.7 Å². The van der Waals surface area contributed by atoms with Gasteiger partial charge in [-0.05, 0) is 43.7 Å². The molecule has 0 bridgehead atoms. The van der Waals surface area contributed by atoms with Crippen LogP contribution in [-0.4, -0.2) is 44.4 Å². The molecule has 3 aromatic rings. The summed E-state index contributed by atoms with van der Waals surface area (Å²) in [7, 11) is -8.20. The van der Waals surface area contributed by atoms with E-state index >= 15 is 0 Å². The maximum atomic E-state index is 13.6. The lowest BCUT2D eigenvalue weighted by atomic mass is 10.1. The molecule has 9 heteroatoms. The van der Waals surface area contributed by atoms with Gasteiger partial charge in [-0.2, -0.15) is 4.31 Å². The first-order valence-corrected chi connectivity index (χ1v) is 13.3. The number of hydrogen-bond acceptors (Lipinski definition) is 5. The van der Waals surface area contributed by atoms with Crippen molar-refractivity contribution in [3.63, 3.8) is 0 Å². The Morgan fingerprint density at radius 3 is 1.67 bits per heavy atom. The largest absolute Gasteiger partial charge is 0.272 e. The second-order valence-corrected chi connectivity index (χ2v) is 11.7. The average molecular weight is 485 g/mol. The first-order chi connectivity index (χ1) is 15.6. The van der Waals surface area contributed by atoms with Crippen molar-refractivity contribution in [1.29, 1.82) is 0 Å². The molecule has 0 spiro atoms. The van der Waals surface area contributed by atoms with Crippen LogP contribution in [0.25, 0.3) is 0 Å². The highest BCUT2D eigenvalue weighted by Crippen LogP contribution is 2.34. The highest BCUT2D eigenvalue weighted by atomic mass is 32.2. The van der Waals surface area contributed by atoms with Crippen LogP contribution in [-0.2, 0) is 24.8 Å². The molecule has 7 nitrogen and oxygen atoms in total. The molecule has 1 unspecified atom stereocenters. The van der Waals surface area contributed by atoms with E-state index in [1.54, 1.807) is 54.6 Å². The van der Waals surface area contributed by atoms with Gasteiger partial charge in [-0.3, -0.25) is 4.79 Å². The third-order valence-corrected chi connectivity index (χ3v) is 9.33. The van der Waals surface area contributed by atoms with Crippen molar-refractivity contribution in [2.45, 2.75) is 29.7 Å².